The minimum atomic E-state index is -0.200. The quantitative estimate of drug-likeness (QED) is 0.804. The van der Waals surface area contributed by atoms with Crippen LogP contribution in [0.4, 0.5) is 4.39 Å². The topological polar surface area (TPSA) is 21.3 Å². The molecule has 0 saturated heterocycles. The van der Waals surface area contributed by atoms with Gasteiger partial charge < -0.3 is 10.1 Å². The smallest absolute Gasteiger partial charge is 0.124 e. The molecule has 1 aliphatic carbocycles. The van der Waals surface area contributed by atoms with Crippen LogP contribution in [0.25, 0.3) is 0 Å². The molecule has 1 fully saturated rings. The number of nitrogens with one attached hydrogen (secondary N) is 1. The van der Waals surface area contributed by atoms with Crippen LogP contribution in [0.2, 0.25) is 0 Å². The van der Waals surface area contributed by atoms with Gasteiger partial charge in [0.1, 0.15) is 11.6 Å². The van der Waals surface area contributed by atoms with Gasteiger partial charge in [0.05, 0.1) is 6.10 Å². The van der Waals surface area contributed by atoms with Gasteiger partial charge >= 0.3 is 0 Å². The molecule has 118 valence electrons. The Balaban J connectivity index is 2.06. The molecule has 21 heavy (non-hydrogen) atoms. The van der Waals surface area contributed by atoms with Crippen LogP contribution >= 0.6 is 0 Å². The zero-order valence-corrected chi connectivity index (χ0v) is 13.5. The van der Waals surface area contributed by atoms with Crippen LogP contribution in [0.5, 0.6) is 5.75 Å². The zero-order valence-electron chi connectivity index (χ0n) is 13.5. The molecule has 1 aromatic carbocycles. The van der Waals surface area contributed by atoms with Gasteiger partial charge in [0, 0.05) is 17.6 Å². The molecular formula is C18H28FNO. The normalized spacial score (nSPS) is 17.5. The van der Waals surface area contributed by atoms with Crippen molar-refractivity contribution in [3.05, 3.63) is 29.6 Å². The lowest BCUT2D eigenvalue weighted by Crippen LogP contribution is -2.35. The fourth-order valence-corrected chi connectivity index (χ4v) is 2.70. The molecule has 2 nitrogen and oxygen atoms in total. The van der Waals surface area contributed by atoms with Gasteiger partial charge in [0.15, 0.2) is 0 Å². The average molecular weight is 293 g/mol. The highest BCUT2D eigenvalue weighted by Crippen LogP contribution is 2.26. The van der Waals surface area contributed by atoms with Crippen LogP contribution < -0.4 is 10.1 Å². The second-order valence-electron chi connectivity index (χ2n) is 7.09. The molecule has 0 radical (unpaired) electrons. The lowest BCUT2D eigenvalue weighted by Gasteiger charge is -2.23. The van der Waals surface area contributed by atoms with Crippen LogP contribution in [0.1, 0.15) is 64.9 Å². The van der Waals surface area contributed by atoms with Gasteiger partial charge in [0.25, 0.3) is 0 Å². The van der Waals surface area contributed by atoms with Gasteiger partial charge in [-0.25, -0.2) is 4.39 Å². The summed E-state index contributed by atoms with van der Waals surface area (Å²) in [5.74, 6) is 0.633. The molecule has 0 amide bonds. The summed E-state index contributed by atoms with van der Waals surface area (Å²) >= 11 is 0. The van der Waals surface area contributed by atoms with E-state index < -0.39 is 0 Å². The van der Waals surface area contributed by atoms with Gasteiger partial charge in [-0.1, -0.05) is 12.8 Å². The third-order valence-electron chi connectivity index (χ3n) is 3.93. The Morgan fingerprint density at radius 2 is 1.81 bits per heavy atom. The molecule has 0 aromatic heterocycles. The molecule has 0 aliphatic heterocycles. The summed E-state index contributed by atoms with van der Waals surface area (Å²) in [6.07, 6.45) is 7.60. The van der Waals surface area contributed by atoms with E-state index in [4.69, 9.17) is 4.74 Å². The van der Waals surface area contributed by atoms with Crippen molar-refractivity contribution in [1.82, 2.24) is 5.32 Å². The summed E-state index contributed by atoms with van der Waals surface area (Å²) in [4.78, 5) is 0. The second kappa shape index (κ2) is 7.26. The average Bonchev–Trinajstić information content (AvgIpc) is 2.67. The number of halogens is 1. The minimum Gasteiger partial charge on any atom is -0.490 e. The summed E-state index contributed by atoms with van der Waals surface area (Å²) in [5, 5.41) is 3.41. The van der Waals surface area contributed by atoms with Crippen LogP contribution in [0, 0.1) is 5.82 Å². The molecule has 2 rings (SSSR count). The molecule has 0 atom stereocenters. The van der Waals surface area contributed by atoms with E-state index in [1.54, 1.807) is 12.1 Å². The van der Waals surface area contributed by atoms with Crippen LogP contribution in [0.3, 0.4) is 0 Å². The maximum absolute atomic E-state index is 13.5. The lowest BCUT2D eigenvalue weighted by atomic mass is 10.1. The summed E-state index contributed by atoms with van der Waals surface area (Å²) < 4.78 is 19.7. The van der Waals surface area contributed by atoms with Crippen molar-refractivity contribution in [2.24, 2.45) is 0 Å². The van der Waals surface area contributed by atoms with Crippen molar-refractivity contribution >= 4 is 0 Å². The second-order valence-corrected chi connectivity index (χ2v) is 7.09. The highest BCUT2D eigenvalue weighted by Gasteiger charge is 2.17. The molecule has 1 aromatic rings. The van der Waals surface area contributed by atoms with Crippen LogP contribution in [0.15, 0.2) is 18.2 Å². The first kappa shape index (κ1) is 16.3. The predicted octanol–water partition coefficient (Wildman–Crippen LogP) is 4.82. The van der Waals surface area contributed by atoms with Crippen LogP contribution in [-0.2, 0) is 6.54 Å². The number of rotatable bonds is 4. The molecule has 0 spiro atoms. The fraction of sp³-hybridized carbons (Fsp3) is 0.667. The van der Waals surface area contributed by atoms with Gasteiger partial charge in [-0.05, 0) is 64.7 Å². The van der Waals surface area contributed by atoms with E-state index in [0.717, 1.165) is 24.2 Å². The predicted molar refractivity (Wildman–Crippen MR) is 85.1 cm³/mol. The van der Waals surface area contributed by atoms with Crippen molar-refractivity contribution in [3.63, 3.8) is 0 Å². The third-order valence-corrected chi connectivity index (χ3v) is 3.93. The van der Waals surface area contributed by atoms with Crippen molar-refractivity contribution in [3.8, 4) is 5.75 Å². The highest BCUT2D eigenvalue weighted by molar-refractivity contribution is 5.34. The Morgan fingerprint density at radius 3 is 2.43 bits per heavy atom. The van der Waals surface area contributed by atoms with Crippen molar-refractivity contribution < 1.29 is 9.13 Å². The SMILES string of the molecule is CC(C)(C)NCc1cc(F)ccc1OC1CCCCCC1. The number of hydrogen-bond acceptors (Lipinski definition) is 2. The first-order chi connectivity index (χ1) is 9.94. The van der Waals surface area contributed by atoms with Crippen molar-refractivity contribution in [1.29, 1.82) is 0 Å². The third kappa shape index (κ3) is 5.66. The van der Waals surface area contributed by atoms with Gasteiger partial charge in [0.2, 0.25) is 0 Å². The molecule has 0 bridgehead atoms. The monoisotopic (exact) mass is 293 g/mol. The number of benzene rings is 1. The van der Waals surface area contributed by atoms with Crippen molar-refractivity contribution in [2.75, 3.05) is 0 Å². The zero-order chi connectivity index (χ0) is 15.3. The van der Waals surface area contributed by atoms with E-state index >= 15 is 0 Å². The van der Waals surface area contributed by atoms with Gasteiger partial charge in [-0.15, -0.1) is 0 Å². The Labute approximate surface area is 128 Å². The summed E-state index contributed by atoms with van der Waals surface area (Å²) in [7, 11) is 0. The number of ether oxygens (including phenoxy) is 1. The maximum atomic E-state index is 13.5. The van der Waals surface area contributed by atoms with Crippen LogP contribution in [-0.4, -0.2) is 11.6 Å². The highest BCUT2D eigenvalue weighted by atomic mass is 19.1. The molecule has 1 aliphatic rings. The molecule has 0 unspecified atom stereocenters. The Morgan fingerprint density at radius 1 is 1.14 bits per heavy atom. The maximum Gasteiger partial charge on any atom is 0.124 e. The van der Waals surface area contributed by atoms with E-state index in [9.17, 15) is 4.39 Å². The standard InChI is InChI=1S/C18H28FNO/c1-18(2,3)20-13-14-12-15(19)10-11-17(14)21-16-8-6-4-5-7-9-16/h10-12,16,20H,4-9,13H2,1-3H3. The molecule has 3 heteroatoms. The summed E-state index contributed by atoms with van der Waals surface area (Å²) in [5.41, 5.74) is 0.917. The summed E-state index contributed by atoms with van der Waals surface area (Å²) in [6, 6.07) is 4.86. The molecule has 1 N–H and O–H groups in total. The van der Waals surface area contributed by atoms with E-state index in [1.807, 2.05) is 0 Å². The van der Waals surface area contributed by atoms with E-state index in [2.05, 4.69) is 26.1 Å². The number of hydrogen-bond donors (Lipinski definition) is 1. The molecule has 0 heterocycles. The van der Waals surface area contributed by atoms with E-state index in [0.29, 0.717) is 6.54 Å². The first-order valence-corrected chi connectivity index (χ1v) is 8.14. The Bertz CT molecular complexity index is 445. The fourth-order valence-electron chi connectivity index (χ4n) is 2.70. The van der Waals surface area contributed by atoms with Gasteiger partial charge in [-0.3, -0.25) is 0 Å². The first-order valence-electron chi connectivity index (χ1n) is 8.14. The summed E-state index contributed by atoms with van der Waals surface area (Å²) in [6.45, 7) is 6.96. The Hall–Kier alpha value is -1.09. The Kier molecular flexibility index (Phi) is 5.63. The largest absolute Gasteiger partial charge is 0.490 e. The molecule has 1 saturated carbocycles. The van der Waals surface area contributed by atoms with E-state index in [-0.39, 0.29) is 17.5 Å². The minimum absolute atomic E-state index is 0.00586. The van der Waals surface area contributed by atoms with Crippen molar-refractivity contribution in [2.45, 2.75) is 77.5 Å². The lowest BCUT2D eigenvalue weighted by molar-refractivity contribution is 0.181. The molecular weight excluding hydrogens is 265 g/mol. The van der Waals surface area contributed by atoms with E-state index in [1.165, 1.54) is 31.7 Å². The van der Waals surface area contributed by atoms with Gasteiger partial charge in [-0.2, -0.15) is 0 Å².